The van der Waals surface area contributed by atoms with E-state index in [0.717, 1.165) is 10.0 Å². The Balaban J connectivity index is 2.37. The number of carbonyl (C=O) groups excluding carboxylic acids is 1. The van der Waals surface area contributed by atoms with Crippen molar-refractivity contribution in [2.45, 2.75) is 37.3 Å². The van der Waals surface area contributed by atoms with E-state index in [0.29, 0.717) is 0 Å². The second kappa shape index (κ2) is 6.98. The number of ether oxygens (including phenoxy) is 1. The minimum Gasteiger partial charge on any atom is -0.481 e. The van der Waals surface area contributed by atoms with Crippen LogP contribution in [0.5, 0.6) is 0 Å². The topological polar surface area (TPSA) is 110 Å². The fraction of sp³-hybridized carbons (Fsp3) is 0.500. The molecule has 1 aromatic carbocycles. The predicted octanol–water partition coefficient (Wildman–Crippen LogP) is 1.65. The summed E-state index contributed by atoms with van der Waals surface area (Å²) in [6.07, 6.45) is 0.304. The Morgan fingerprint density at radius 2 is 2.00 bits per heavy atom. The number of carboxylic acid groups (broad SMARTS) is 1. The summed E-state index contributed by atoms with van der Waals surface area (Å²) in [5.41, 5.74) is 4.77. The van der Waals surface area contributed by atoms with Crippen LogP contribution in [-0.2, 0) is 14.3 Å². The summed E-state index contributed by atoms with van der Waals surface area (Å²) in [7, 11) is 0. The first kappa shape index (κ1) is 17.9. The van der Waals surface area contributed by atoms with Crippen LogP contribution >= 0.6 is 15.9 Å². The normalized spacial score (nSPS) is 30.7. The number of carboxylic acids is 1. The van der Waals surface area contributed by atoms with Crippen molar-refractivity contribution in [1.82, 2.24) is 0 Å². The van der Waals surface area contributed by atoms with Crippen LogP contribution in [0.3, 0.4) is 0 Å². The lowest BCUT2D eigenvalue weighted by molar-refractivity contribution is -0.176. The highest BCUT2D eigenvalue weighted by Gasteiger charge is 2.54. The molecule has 23 heavy (non-hydrogen) atoms. The van der Waals surface area contributed by atoms with E-state index in [1.165, 1.54) is 0 Å². The standard InChI is InChI=1S/C16H20BrNO5/c1-2-23-15(21)16(22)8-10(7-12(13(16)18)14(19)20)9-3-5-11(17)6-4-9/h3-6,10,12-13,22H,2,7-8,18H2,1H3,(H,19,20)/t10-,12?,13-,16+/m0/s1. The molecular weight excluding hydrogens is 366 g/mol. The third-order valence-electron chi connectivity index (χ3n) is 4.37. The van der Waals surface area contributed by atoms with Gasteiger partial charge in [-0.3, -0.25) is 4.79 Å². The zero-order valence-corrected chi connectivity index (χ0v) is 14.3. The van der Waals surface area contributed by atoms with Gasteiger partial charge in [-0.1, -0.05) is 28.1 Å². The smallest absolute Gasteiger partial charge is 0.339 e. The van der Waals surface area contributed by atoms with Crippen LogP contribution in [-0.4, -0.2) is 40.4 Å². The van der Waals surface area contributed by atoms with Gasteiger partial charge < -0.3 is 20.7 Å². The summed E-state index contributed by atoms with van der Waals surface area (Å²) in [5, 5.41) is 20.2. The molecule has 0 aromatic heterocycles. The molecule has 4 N–H and O–H groups in total. The van der Waals surface area contributed by atoms with Crippen molar-refractivity contribution in [3.05, 3.63) is 34.3 Å². The molecule has 0 heterocycles. The summed E-state index contributed by atoms with van der Waals surface area (Å²) in [4.78, 5) is 23.7. The maximum Gasteiger partial charge on any atom is 0.339 e. The molecule has 1 aliphatic carbocycles. The Bertz CT molecular complexity index is 591. The third-order valence-corrected chi connectivity index (χ3v) is 4.90. The highest BCUT2D eigenvalue weighted by atomic mass is 79.9. The van der Waals surface area contributed by atoms with Gasteiger partial charge in [0.2, 0.25) is 0 Å². The van der Waals surface area contributed by atoms with Gasteiger partial charge in [-0.25, -0.2) is 4.79 Å². The summed E-state index contributed by atoms with van der Waals surface area (Å²) in [6.45, 7) is 1.71. The minimum atomic E-state index is -2.00. The van der Waals surface area contributed by atoms with E-state index in [2.05, 4.69) is 15.9 Å². The van der Waals surface area contributed by atoms with Gasteiger partial charge in [0.15, 0.2) is 5.60 Å². The van der Waals surface area contributed by atoms with Crippen molar-refractivity contribution in [2.75, 3.05) is 6.61 Å². The van der Waals surface area contributed by atoms with Crippen LogP contribution in [0.15, 0.2) is 28.7 Å². The lowest BCUT2D eigenvalue weighted by atomic mass is 9.67. The van der Waals surface area contributed by atoms with Crippen molar-refractivity contribution >= 4 is 27.9 Å². The number of nitrogens with two attached hydrogens (primary N) is 1. The van der Waals surface area contributed by atoms with Gasteiger partial charge >= 0.3 is 11.9 Å². The number of hydrogen-bond donors (Lipinski definition) is 3. The molecule has 1 aliphatic rings. The number of esters is 1. The van der Waals surface area contributed by atoms with Crippen LogP contribution in [0.4, 0.5) is 0 Å². The van der Waals surface area contributed by atoms with E-state index < -0.39 is 29.5 Å². The van der Waals surface area contributed by atoms with Gasteiger partial charge in [-0.2, -0.15) is 0 Å². The summed E-state index contributed by atoms with van der Waals surface area (Å²) >= 11 is 3.34. The molecule has 0 spiro atoms. The van der Waals surface area contributed by atoms with Crippen molar-refractivity contribution in [3.8, 4) is 0 Å². The zero-order chi connectivity index (χ0) is 17.2. The average molecular weight is 386 g/mol. The largest absolute Gasteiger partial charge is 0.481 e. The van der Waals surface area contributed by atoms with E-state index >= 15 is 0 Å². The van der Waals surface area contributed by atoms with Crippen molar-refractivity contribution in [2.24, 2.45) is 11.7 Å². The highest BCUT2D eigenvalue weighted by molar-refractivity contribution is 9.10. The van der Waals surface area contributed by atoms with Crippen LogP contribution in [0.1, 0.15) is 31.2 Å². The third kappa shape index (κ3) is 3.57. The molecular formula is C16H20BrNO5. The Morgan fingerprint density at radius 3 is 2.52 bits per heavy atom. The molecule has 7 heteroatoms. The first-order valence-corrected chi connectivity index (χ1v) is 8.22. The number of carbonyl (C=O) groups is 2. The molecule has 1 unspecified atom stereocenters. The van der Waals surface area contributed by atoms with Gasteiger partial charge in [-0.15, -0.1) is 0 Å². The zero-order valence-electron chi connectivity index (χ0n) is 12.7. The minimum absolute atomic E-state index is 0.0401. The number of halogens is 1. The molecule has 0 saturated heterocycles. The Morgan fingerprint density at radius 1 is 1.39 bits per heavy atom. The summed E-state index contributed by atoms with van der Waals surface area (Å²) in [5.74, 6) is -3.30. The van der Waals surface area contributed by atoms with Crippen molar-refractivity contribution in [3.63, 3.8) is 0 Å². The molecule has 4 atom stereocenters. The van der Waals surface area contributed by atoms with Crippen LogP contribution < -0.4 is 5.73 Å². The van der Waals surface area contributed by atoms with Gasteiger partial charge in [0, 0.05) is 4.47 Å². The lowest BCUT2D eigenvalue weighted by Crippen LogP contribution is -2.62. The van der Waals surface area contributed by atoms with Crippen LogP contribution in [0.25, 0.3) is 0 Å². The van der Waals surface area contributed by atoms with Gasteiger partial charge in [-0.05, 0) is 43.4 Å². The number of aliphatic hydroxyl groups is 1. The molecule has 6 nitrogen and oxygen atoms in total. The lowest BCUT2D eigenvalue weighted by Gasteiger charge is -2.42. The molecule has 126 valence electrons. The number of benzene rings is 1. The van der Waals surface area contributed by atoms with E-state index in [1.54, 1.807) is 6.92 Å². The van der Waals surface area contributed by atoms with E-state index in [-0.39, 0.29) is 25.4 Å². The fourth-order valence-corrected chi connectivity index (χ4v) is 3.36. The highest BCUT2D eigenvalue weighted by Crippen LogP contribution is 2.42. The van der Waals surface area contributed by atoms with Crippen LogP contribution in [0.2, 0.25) is 0 Å². The summed E-state index contributed by atoms with van der Waals surface area (Å²) < 4.78 is 5.81. The Kier molecular flexibility index (Phi) is 5.44. The number of aliphatic carboxylic acids is 1. The predicted molar refractivity (Wildman–Crippen MR) is 86.8 cm³/mol. The second-order valence-electron chi connectivity index (χ2n) is 5.80. The molecule has 0 radical (unpaired) electrons. The first-order chi connectivity index (χ1) is 10.8. The molecule has 1 fully saturated rings. The number of hydrogen-bond acceptors (Lipinski definition) is 5. The van der Waals surface area contributed by atoms with Crippen molar-refractivity contribution in [1.29, 1.82) is 0 Å². The van der Waals surface area contributed by atoms with Gasteiger partial charge in [0.05, 0.1) is 18.6 Å². The summed E-state index contributed by atoms with van der Waals surface area (Å²) in [6, 6.07) is 6.16. The van der Waals surface area contributed by atoms with Crippen molar-refractivity contribution < 1.29 is 24.5 Å². The quantitative estimate of drug-likeness (QED) is 0.679. The van der Waals surface area contributed by atoms with Gasteiger partial charge in [0.25, 0.3) is 0 Å². The molecule has 0 bridgehead atoms. The fourth-order valence-electron chi connectivity index (χ4n) is 3.10. The van der Waals surface area contributed by atoms with E-state index in [9.17, 15) is 19.8 Å². The van der Waals surface area contributed by atoms with E-state index in [1.807, 2.05) is 24.3 Å². The number of rotatable bonds is 4. The Labute approximate surface area is 142 Å². The maximum absolute atomic E-state index is 12.2. The van der Waals surface area contributed by atoms with Gasteiger partial charge in [0.1, 0.15) is 0 Å². The molecule has 1 aromatic rings. The molecule has 0 amide bonds. The van der Waals surface area contributed by atoms with Crippen LogP contribution in [0, 0.1) is 5.92 Å². The first-order valence-electron chi connectivity index (χ1n) is 7.43. The SMILES string of the molecule is CCOC(=O)[C@@]1(O)C[C@@H](c2ccc(Br)cc2)CC(C(=O)O)[C@@H]1N. The molecule has 1 saturated carbocycles. The molecule has 0 aliphatic heterocycles. The Hall–Kier alpha value is -1.44. The molecule has 2 rings (SSSR count). The second-order valence-corrected chi connectivity index (χ2v) is 6.72. The maximum atomic E-state index is 12.2. The monoisotopic (exact) mass is 385 g/mol. The van der Waals surface area contributed by atoms with E-state index in [4.69, 9.17) is 10.5 Å². The average Bonchev–Trinajstić information content (AvgIpc) is 2.50.